The Kier molecular flexibility index (Phi) is 6.16. The van der Waals surface area contributed by atoms with Gasteiger partial charge in [0.15, 0.2) is 0 Å². The molecule has 3 nitrogen and oxygen atoms in total. The van der Waals surface area contributed by atoms with E-state index in [1.54, 1.807) is 17.0 Å². The molecule has 0 aliphatic carbocycles. The van der Waals surface area contributed by atoms with E-state index in [1.165, 1.54) is 0 Å². The van der Waals surface area contributed by atoms with Crippen LogP contribution >= 0.6 is 31.9 Å². The van der Waals surface area contributed by atoms with Crippen LogP contribution in [0.2, 0.25) is 0 Å². The Morgan fingerprint density at radius 1 is 1.24 bits per heavy atom. The minimum atomic E-state index is -0.0529. The summed E-state index contributed by atoms with van der Waals surface area (Å²) in [6.45, 7) is 3.02. The molecule has 1 aromatic rings. The van der Waals surface area contributed by atoms with Gasteiger partial charge in [-0.2, -0.15) is 0 Å². The molecule has 94 valence electrons. The summed E-state index contributed by atoms with van der Waals surface area (Å²) in [4.78, 5) is 13.9. The smallest absolute Gasteiger partial charge is 0.254 e. The van der Waals surface area contributed by atoms with Gasteiger partial charge >= 0.3 is 0 Å². The summed E-state index contributed by atoms with van der Waals surface area (Å²) in [6.07, 6.45) is 0.876. The number of halogens is 2. The average Bonchev–Trinajstić information content (AvgIpc) is 2.26. The third-order valence-corrected chi connectivity index (χ3v) is 3.18. The maximum Gasteiger partial charge on any atom is 0.254 e. The second-order valence-electron chi connectivity index (χ2n) is 3.67. The molecule has 0 radical (unpaired) electrons. The first-order valence-corrected chi connectivity index (χ1v) is 7.03. The fourth-order valence-corrected chi connectivity index (χ4v) is 2.86. The number of rotatable bonds is 5. The molecule has 0 aliphatic heterocycles. The molecule has 1 N–H and O–H groups in total. The van der Waals surface area contributed by atoms with Crippen molar-refractivity contribution in [2.24, 2.45) is 0 Å². The molecule has 1 rings (SSSR count). The van der Waals surface area contributed by atoms with Crippen LogP contribution in [0.5, 0.6) is 0 Å². The van der Waals surface area contributed by atoms with Crippen molar-refractivity contribution in [1.82, 2.24) is 4.90 Å². The van der Waals surface area contributed by atoms with Crippen LogP contribution < -0.4 is 0 Å². The van der Waals surface area contributed by atoms with E-state index in [1.807, 2.05) is 13.0 Å². The third kappa shape index (κ3) is 4.41. The number of aliphatic hydroxyl groups excluding tert-OH is 1. The van der Waals surface area contributed by atoms with Gasteiger partial charge in [0.05, 0.1) is 6.61 Å². The molecule has 1 amide bonds. The molecule has 0 spiro atoms. The van der Waals surface area contributed by atoms with E-state index in [0.717, 1.165) is 15.4 Å². The summed E-state index contributed by atoms with van der Waals surface area (Å²) in [5.74, 6) is -0.0529. The summed E-state index contributed by atoms with van der Waals surface area (Å²) in [5, 5.41) is 8.96. The predicted molar refractivity (Wildman–Crippen MR) is 75.1 cm³/mol. The van der Waals surface area contributed by atoms with Crippen molar-refractivity contribution < 1.29 is 9.90 Å². The molecule has 0 saturated carbocycles. The number of carbonyl (C=O) groups is 1. The van der Waals surface area contributed by atoms with Crippen molar-refractivity contribution in [2.75, 3.05) is 19.7 Å². The molecule has 17 heavy (non-hydrogen) atoms. The standard InChI is InChI=1S/C12H15Br2NO2/c1-2-3-15(4-5-16)12(17)9-6-10(13)8-11(14)7-9/h6-8,16H,2-5H2,1H3. The summed E-state index contributed by atoms with van der Waals surface area (Å²) in [7, 11) is 0. The van der Waals surface area contributed by atoms with E-state index in [2.05, 4.69) is 31.9 Å². The minimum absolute atomic E-state index is 0.0130. The Bertz CT molecular complexity index is 370. The van der Waals surface area contributed by atoms with Gasteiger partial charge in [-0.1, -0.05) is 38.8 Å². The molecule has 0 bridgehead atoms. The lowest BCUT2D eigenvalue weighted by molar-refractivity contribution is 0.0722. The van der Waals surface area contributed by atoms with Crippen LogP contribution in [-0.2, 0) is 0 Å². The van der Waals surface area contributed by atoms with Crippen molar-refractivity contribution in [1.29, 1.82) is 0 Å². The van der Waals surface area contributed by atoms with E-state index >= 15 is 0 Å². The molecular formula is C12H15Br2NO2. The Morgan fingerprint density at radius 3 is 2.29 bits per heavy atom. The van der Waals surface area contributed by atoms with E-state index in [0.29, 0.717) is 18.7 Å². The molecule has 0 aliphatic rings. The van der Waals surface area contributed by atoms with Gasteiger partial charge < -0.3 is 10.0 Å². The minimum Gasteiger partial charge on any atom is -0.395 e. The Labute approximate surface area is 118 Å². The van der Waals surface area contributed by atoms with Gasteiger partial charge in [-0.05, 0) is 24.6 Å². The molecule has 0 fully saturated rings. The lowest BCUT2D eigenvalue weighted by Crippen LogP contribution is -2.34. The van der Waals surface area contributed by atoms with E-state index in [9.17, 15) is 4.79 Å². The number of hydrogen-bond acceptors (Lipinski definition) is 2. The number of aliphatic hydroxyl groups is 1. The van der Waals surface area contributed by atoms with Gasteiger partial charge in [-0.25, -0.2) is 0 Å². The topological polar surface area (TPSA) is 40.5 Å². The highest BCUT2D eigenvalue weighted by molar-refractivity contribution is 9.11. The van der Waals surface area contributed by atoms with E-state index in [-0.39, 0.29) is 12.5 Å². The van der Waals surface area contributed by atoms with Crippen molar-refractivity contribution in [3.63, 3.8) is 0 Å². The van der Waals surface area contributed by atoms with Gasteiger partial charge in [0.25, 0.3) is 5.91 Å². The molecule has 0 atom stereocenters. The summed E-state index contributed by atoms with van der Waals surface area (Å²) >= 11 is 6.72. The van der Waals surface area contributed by atoms with Gasteiger partial charge in [0.1, 0.15) is 0 Å². The quantitative estimate of drug-likeness (QED) is 0.872. The monoisotopic (exact) mass is 363 g/mol. The largest absolute Gasteiger partial charge is 0.395 e. The number of nitrogens with zero attached hydrogens (tertiary/aromatic N) is 1. The first-order valence-electron chi connectivity index (χ1n) is 5.44. The zero-order valence-corrected chi connectivity index (χ0v) is 12.8. The number of amides is 1. The van der Waals surface area contributed by atoms with Crippen LogP contribution in [0.15, 0.2) is 27.1 Å². The third-order valence-electron chi connectivity index (χ3n) is 2.26. The molecule has 0 unspecified atom stereocenters. The van der Waals surface area contributed by atoms with Crippen LogP contribution in [0.3, 0.4) is 0 Å². The molecular weight excluding hydrogens is 350 g/mol. The highest BCUT2D eigenvalue weighted by atomic mass is 79.9. The van der Waals surface area contributed by atoms with Crippen LogP contribution in [0.25, 0.3) is 0 Å². The number of benzene rings is 1. The average molecular weight is 365 g/mol. The van der Waals surface area contributed by atoms with Gasteiger partial charge in [-0.3, -0.25) is 4.79 Å². The normalized spacial score (nSPS) is 10.4. The van der Waals surface area contributed by atoms with Crippen LogP contribution in [0, 0.1) is 0 Å². The second kappa shape index (κ2) is 7.13. The van der Waals surface area contributed by atoms with Crippen molar-refractivity contribution >= 4 is 37.8 Å². The highest BCUT2D eigenvalue weighted by Crippen LogP contribution is 2.21. The lowest BCUT2D eigenvalue weighted by Gasteiger charge is -2.21. The SMILES string of the molecule is CCCN(CCO)C(=O)c1cc(Br)cc(Br)c1. The molecule has 5 heteroatoms. The fraction of sp³-hybridized carbons (Fsp3) is 0.417. The Balaban J connectivity index is 2.92. The van der Waals surface area contributed by atoms with Gasteiger partial charge in [-0.15, -0.1) is 0 Å². The van der Waals surface area contributed by atoms with Gasteiger partial charge in [0.2, 0.25) is 0 Å². The first-order chi connectivity index (χ1) is 8.08. The molecule has 1 aromatic carbocycles. The Morgan fingerprint density at radius 2 is 1.82 bits per heavy atom. The summed E-state index contributed by atoms with van der Waals surface area (Å²) in [6, 6.07) is 5.45. The second-order valence-corrected chi connectivity index (χ2v) is 5.51. The van der Waals surface area contributed by atoms with Crippen LogP contribution in [-0.4, -0.2) is 35.6 Å². The molecule has 0 heterocycles. The Hall–Kier alpha value is -0.390. The lowest BCUT2D eigenvalue weighted by atomic mass is 10.2. The fourth-order valence-electron chi connectivity index (χ4n) is 1.57. The maximum absolute atomic E-state index is 12.2. The van der Waals surface area contributed by atoms with Gasteiger partial charge in [0, 0.05) is 27.6 Å². The van der Waals surface area contributed by atoms with Crippen molar-refractivity contribution in [3.05, 3.63) is 32.7 Å². The molecule has 0 aromatic heterocycles. The van der Waals surface area contributed by atoms with E-state index in [4.69, 9.17) is 5.11 Å². The summed E-state index contributed by atoms with van der Waals surface area (Å²) in [5.41, 5.74) is 0.619. The first kappa shape index (κ1) is 14.7. The maximum atomic E-state index is 12.2. The van der Waals surface area contributed by atoms with Crippen LogP contribution in [0.1, 0.15) is 23.7 Å². The summed E-state index contributed by atoms with van der Waals surface area (Å²) < 4.78 is 1.71. The zero-order valence-electron chi connectivity index (χ0n) is 9.62. The van der Waals surface area contributed by atoms with E-state index < -0.39 is 0 Å². The highest BCUT2D eigenvalue weighted by Gasteiger charge is 2.15. The zero-order chi connectivity index (χ0) is 12.8. The predicted octanol–water partition coefficient (Wildman–Crippen LogP) is 3.06. The number of carbonyl (C=O) groups excluding carboxylic acids is 1. The molecule has 0 saturated heterocycles. The number of hydrogen-bond donors (Lipinski definition) is 1. The van der Waals surface area contributed by atoms with Crippen molar-refractivity contribution in [3.8, 4) is 0 Å². The van der Waals surface area contributed by atoms with Crippen molar-refractivity contribution in [2.45, 2.75) is 13.3 Å². The van der Waals surface area contributed by atoms with Crippen LogP contribution in [0.4, 0.5) is 0 Å².